The summed E-state index contributed by atoms with van der Waals surface area (Å²) in [4.78, 5) is 20.7. The van der Waals surface area contributed by atoms with Crippen molar-refractivity contribution in [2.45, 2.75) is 0 Å². The molecule has 0 fully saturated rings. The van der Waals surface area contributed by atoms with Gasteiger partial charge >= 0.3 is 0 Å². The highest BCUT2D eigenvalue weighted by atomic mass is 16.5. The van der Waals surface area contributed by atoms with E-state index in [1.54, 1.807) is 43.5 Å². The molecule has 3 rings (SSSR count). The van der Waals surface area contributed by atoms with Gasteiger partial charge in [0.15, 0.2) is 0 Å². The van der Waals surface area contributed by atoms with E-state index < -0.39 is 0 Å². The molecule has 0 aliphatic carbocycles. The van der Waals surface area contributed by atoms with Crippen LogP contribution < -0.4 is 15.4 Å². The van der Waals surface area contributed by atoms with E-state index in [4.69, 9.17) is 10.00 Å². The fraction of sp³-hybridized carbons (Fsp3) is 0.0526. The maximum atomic E-state index is 12.4. The van der Waals surface area contributed by atoms with Crippen LogP contribution in [0.25, 0.3) is 0 Å². The fourth-order valence-corrected chi connectivity index (χ4v) is 2.21. The lowest BCUT2D eigenvalue weighted by Gasteiger charge is -2.08. The Morgan fingerprint density at radius 3 is 2.65 bits per heavy atom. The molecule has 7 heteroatoms. The molecule has 0 aliphatic heterocycles. The summed E-state index contributed by atoms with van der Waals surface area (Å²) in [5, 5.41) is 14.7. The highest BCUT2D eigenvalue weighted by Gasteiger charge is 2.10. The van der Waals surface area contributed by atoms with Gasteiger partial charge in [0.25, 0.3) is 5.91 Å². The summed E-state index contributed by atoms with van der Waals surface area (Å²) in [7, 11) is 1.60. The molecule has 7 nitrogen and oxygen atoms in total. The third-order valence-electron chi connectivity index (χ3n) is 3.48. The number of hydrogen-bond acceptors (Lipinski definition) is 6. The summed E-state index contributed by atoms with van der Waals surface area (Å²) in [6.07, 6.45) is 1.50. The van der Waals surface area contributed by atoms with Crippen LogP contribution in [0.4, 0.5) is 17.3 Å². The summed E-state index contributed by atoms with van der Waals surface area (Å²) in [5.41, 5.74) is 1.97. The number of rotatable bonds is 5. The first-order valence-corrected chi connectivity index (χ1v) is 7.73. The Hall–Kier alpha value is -3.92. The number of carbonyl (C=O) groups excluding carboxylic acids is 1. The van der Waals surface area contributed by atoms with Gasteiger partial charge in [-0.2, -0.15) is 5.26 Å². The van der Waals surface area contributed by atoms with Gasteiger partial charge in [0.2, 0.25) is 5.95 Å². The monoisotopic (exact) mass is 345 g/mol. The molecule has 0 atom stereocenters. The van der Waals surface area contributed by atoms with Gasteiger partial charge in [-0.1, -0.05) is 6.07 Å². The predicted molar refractivity (Wildman–Crippen MR) is 97.4 cm³/mol. The third kappa shape index (κ3) is 4.13. The van der Waals surface area contributed by atoms with Gasteiger partial charge in [-0.25, -0.2) is 9.97 Å². The molecule has 0 spiro atoms. The number of methoxy groups -OCH3 is 1. The molecule has 1 amide bonds. The van der Waals surface area contributed by atoms with Crippen molar-refractivity contribution >= 4 is 23.2 Å². The molecule has 0 unspecified atom stereocenters. The number of anilines is 3. The summed E-state index contributed by atoms with van der Waals surface area (Å²) in [6.45, 7) is 0. The number of amides is 1. The standard InChI is InChI=1S/C19H15N5O2/c1-26-16-7-5-14(6-8-16)23-19-21-10-9-17(24-19)18(25)22-15-4-2-3-13(11-15)12-20/h2-11H,1H3,(H,22,25)(H,21,23,24). The number of nitriles is 1. The second kappa shape index (κ2) is 7.77. The van der Waals surface area contributed by atoms with Crippen LogP contribution in [0.2, 0.25) is 0 Å². The summed E-state index contributed by atoms with van der Waals surface area (Å²) >= 11 is 0. The van der Waals surface area contributed by atoms with Gasteiger partial charge < -0.3 is 15.4 Å². The van der Waals surface area contributed by atoms with E-state index in [-0.39, 0.29) is 11.6 Å². The molecule has 0 saturated heterocycles. The second-order valence-corrected chi connectivity index (χ2v) is 5.27. The largest absolute Gasteiger partial charge is 0.497 e. The molecule has 1 aromatic heterocycles. The minimum absolute atomic E-state index is 0.207. The summed E-state index contributed by atoms with van der Waals surface area (Å²) in [6, 6.07) is 17.5. The fourth-order valence-electron chi connectivity index (χ4n) is 2.21. The molecule has 0 bridgehead atoms. The number of nitrogens with zero attached hydrogens (tertiary/aromatic N) is 3. The second-order valence-electron chi connectivity index (χ2n) is 5.27. The number of aromatic nitrogens is 2. The maximum Gasteiger partial charge on any atom is 0.274 e. The lowest BCUT2D eigenvalue weighted by molar-refractivity contribution is 0.102. The van der Waals surface area contributed by atoms with Crippen molar-refractivity contribution in [3.63, 3.8) is 0 Å². The zero-order valence-electron chi connectivity index (χ0n) is 13.9. The Kier molecular flexibility index (Phi) is 5.05. The van der Waals surface area contributed by atoms with E-state index in [0.717, 1.165) is 11.4 Å². The molecular weight excluding hydrogens is 330 g/mol. The summed E-state index contributed by atoms with van der Waals surface area (Å²) < 4.78 is 5.11. The maximum absolute atomic E-state index is 12.4. The van der Waals surface area contributed by atoms with E-state index in [0.29, 0.717) is 17.2 Å². The predicted octanol–water partition coefficient (Wildman–Crippen LogP) is 3.35. The van der Waals surface area contributed by atoms with E-state index >= 15 is 0 Å². The molecule has 3 aromatic rings. The molecule has 2 aromatic carbocycles. The van der Waals surface area contributed by atoms with Gasteiger partial charge in [0.1, 0.15) is 11.4 Å². The van der Waals surface area contributed by atoms with E-state index in [1.807, 2.05) is 18.2 Å². The van der Waals surface area contributed by atoms with Gasteiger partial charge in [-0.15, -0.1) is 0 Å². The zero-order chi connectivity index (χ0) is 18.4. The SMILES string of the molecule is COc1ccc(Nc2nccc(C(=O)Nc3cccc(C#N)c3)n2)cc1. The lowest BCUT2D eigenvalue weighted by atomic mass is 10.2. The molecule has 1 heterocycles. The Labute approximate surface area is 150 Å². The quantitative estimate of drug-likeness (QED) is 0.735. The van der Waals surface area contributed by atoms with E-state index in [1.165, 1.54) is 12.3 Å². The van der Waals surface area contributed by atoms with Crippen molar-refractivity contribution in [3.8, 4) is 11.8 Å². The minimum Gasteiger partial charge on any atom is -0.497 e. The molecule has 0 saturated carbocycles. The van der Waals surface area contributed by atoms with Crippen LogP contribution >= 0.6 is 0 Å². The van der Waals surface area contributed by atoms with Crippen LogP contribution in [0.1, 0.15) is 16.1 Å². The third-order valence-corrected chi connectivity index (χ3v) is 3.48. The van der Waals surface area contributed by atoms with Gasteiger partial charge in [-0.05, 0) is 48.5 Å². The molecule has 0 aliphatic rings. The Morgan fingerprint density at radius 2 is 1.92 bits per heavy atom. The van der Waals surface area contributed by atoms with E-state index in [2.05, 4.69) is 20.6 Å². The Bertz CT molecular complexity index is 964. The topological polar surface area (TPSA) is 99.9 Å². The van der Waals surface area contributed by atoms with Gasteiger partial charge in [-0.3, -0.25) is 4.79 Å². The molecule has 2 N–H and O–H groups in total. The Morgan fingerprint density at radius 1 is 1.12 bits per heavy atom. The van der Waals surface area contributed by atoms with Crippen LogP contribution in [-0.2, 0) is 0 Å². The first-order valence-electron chi connectivity index (χ1n) is 7.73. The van der Waals surface area contributed by atoms with Crippen LogP contribution in [-0.4, -0.2) is 23.0 Å². The first-order chi connectivity index (χ1) is 12.7. The Balaban J connectivity index is 1.73. The van der Waals surface area contributed by atoms with Crippen molar-refractivity contribution < 1.29 is 9.53 Å². The van der Waals surface area contributed by atoms with Gasteiger partial charge in [0.05, 0.1) is 18.7 Å². The van der Waals surface area contributed by atoms with Crippen molar-refractivity contribution in [2.75, 3.05) is 17.7 Å². The van der Waals surface area contributed by atoms with Crippen molar-refractivity contribution in [3.05, 3.63) is 72.1 Å². The molecule has 0 radical (unpaired) electrons. The van der Waals surface area contributed by atoms with Crippen LogP contribution in [0.5, 0.6) is 5.75 Å². The van der Waals surface area contributed by atoms with Crippen LogP contribution in [0, 0.1) is 11.3 Å². The highest BCUT2D eigenvalue weighted by molar-refractivity contribution is 6.03. The lowest BCUT2D eigenvalue weighted by Crippen LogP contribution is -2.14. The number of hydrogen-bond donors (Lipinski definition) is 2. The summed E-state index contributed by atoms with van der Waals surface area (Å²) in [5.74, 6) is 0.651. The van der Waals surface area contributed by atoms with Crippen molar-refractivity contribution in [2.24, 2.45) is 0 Å². The zero-order valence-corrected chi connectivity index (χ0v) is 13.9. The highest BCUT2D eigenvalue weighted by Crippen LogP contribution is 2.18. The number of nitrogens with one attached hydrogen (secondary N) is 2. The number of benzene rings is 2. The normalized spacial score (nSPS) is 9.85. The van der Waals surface area contributed by atoms with E-state index in [9.17, 15) is 4.79 Å². The number of ether oxygens (including phenoxy) is 1. The average molecular weight is 345 g/mol. The van der Waals surface area contributed by atoms with Crippen LogP contribution in [0.3, 0.4) is 0 Å². The minimum atomic E-state index is -0.389. The molecular formula is C19H15N5O2. The smallest absolute Gasteiger partial charge is 0.274 e. The first kappa shape index (κ1) is 16.9. The number of carbonyl (C=O) groups is 1. The average Bonchev–Trinajstić information content (AvgIpc) is 2.69. The van der Waals surface area contributed by atoms with Crippen molar-refractivity contribution in [1.29, 1.82) is 5.26 Å². The van der Waals surface area contributed by atoms with Crippen LogP contribution in [0.15, 0.2) is 60.8 Å². The molecule has 26 heavy (non-hydrogen) atoms. The van der Waals surface area contributed by atoms with Gasteiger partial charge in [0, 0.05) is 17.6 Å². The molecule has 128 valence electrons. The van der Waals surface area contributed by atoms with Crippen molar-refractivity contribution in [1.82, 2.24) is 9.97 Å².